The van der Waals surface area contributed by atoms with Gasteiger partial charge in [-0.15, -0.1) is 0 Å². The van der Waals surface area contributed by atoms with Crippen molar-refractivity contribution < 1.29 is 0 Å². The Bertz CT molecular complexity index is 139. The smallest absolute Gasteiger partial charge is 0.00242 e. The van der Waals surface area contributed by atoms with Gasteiger partial charge in [-0.05, 0) is 41.7 Å². The number of rotatable bonds is 1. The Morgan fingerprint density at radius 1 is 1.42 bits per heavy atom. The maximum Gasteiger partial charge on any atom is -0.00242 e. The van der Waals surface area contributed by atoms with E-state index < -0.39 is 0 Å². The third kappa shape index (κ3) is 2.40. The highest BCUT2D eigenvalue weighted by Crippen LogP contribution is 2.39. The number of hydrogen-bond donors (Lipinski definition) is 1. The van der Waals surface area contributed by atoms with Crippen LogP contribution >= 0.6 is 11.8 Å². The quantitative estimate of drug-likeness (QED) is 0.682. The summed E-state index contributed by atoms with van der Waals surface area (Å²) < 4.78 is 0. The van der Waals surface area contributed by atoms with E-state index in [0.717, 1.165) is 18.4 Å². The van der Waals surface area contributed by atoms with Crippen molar-refractivity contribution in [3.05, 3.63) is 0 Å². The lowest BCUT2D eigenvalue weighted by Crippen LogP contribution is -2.37. The van der Waals surface area contributed by atoms with Crippen LogP contribution in [-0.4, -0.2) is 18.1 Å². The minimum atomic E-state index is 0.449. The molecule has 0 bridgehead atoms. The Morgan fingerprint density at radius 2 is 2.08 bits per heavy atom. The topological polar surface area (TPSA) is 26.0 Å². The molecule has 1 aliphatic heterocycles. The Hall–Kier alpha value is 0.310. The molecule has 2 heteroatoms. The summed E-state index contributed by atoms with van der Waals surface area (Å²) in [5.74, 6) is 4.20. The van der Waals surface area contributed by atoms with E-state index in [2.05, 4.69) is 32.5 Å². The summed E-state index contributed by atoms with van der Waals surface area (Å²) in [5.41, 5.74) is 6.23. The molecule has 1 aliphatic rings. The average Bonchev–Trinajstić information content (AvgIpc) is 2.03. The zero-order valence-electron chi connectivity index (χ0n) is 8.47. The molecule has 0 amide bonds. The highest BCUT2D eigenvalue weighted by molar-refractivity contribution is 7.99. The fourth-order valence-electron chi connectivity index (χ4n) is 2.17. The molecule has 0 aromatic rings. The van der Waals surface area contributed by atoms with Crippen molar-refractivity contribution in [3.8, 4) is 0 Å². The molecule has 72 valence electrons. The fourth-order valence-corrected chi connectivity index (χ4v) is 3.43. The lowest BCUT2D eigenvalue weighted by atomic mass is 9.72. The van der Waals surface area contributed by atoms with Crippen molar-refractivity contribution in [2.45, 2.75) is 27.2 Å². The third-order valence-electron chi connectivity index (χ3n) is 2.89. The molecule has 1 fully saturated rings. The number of thioether (sulfide) groups is 1. The molecule has 0 radical (unpaired) electrons. The van der Waals surface area contributed by atoms with E-state index in [1.807, 2.05) is 0 Å². The Balaban J connectivity index is 2.59. The highest BCUT2D eigenvalue weighted by Gasteiger charge is 2.33. The summed E-state index contributed by atoms with van der Waals surface area (Å²) in [6.45, 7) is 7.90. The van der Waals surface area contributed by atoms with Gasteiger partial charge >= 0.3 is 0 Å². The van der Waals surface area contributed by atoms with Crippen LogP contribution in [0.25, 0.3) is 0 Å². The molecule has 0 aliphatic carbocycles. The SMILES string of the molecule is CC(C)(C)C1CCSCC1CN. The number of nitrogens with two attached hydrogens (primary N) is 1. The van der Waals surface area contributed by atoms with Crippen LogP contribution in [0.1, 0.15) is 27.2 Å². The van der Waals surface area contributed by atoms with E-state index in [-0.39, 0.29) is 0 Å². The maximum atomic E-state index is 5.78. The van der Waals surface area contributed by atoms with Gasteiger partial charge in [0, 0.05) is 0 Å². The first kappa shape index (κ1) is 10.4. The van der Waals surface area contributed by atoms with Gasteiger partial charge in [0.2, 0.25) is 0 Å². The molecule has 2 atom stereocenters. The van der Waals surface area contributed by atoms with E-state index in [9.17, 15) is 0 Å². The first-order chi connectivity index (χ1) is 5.55. The second-order valence-corrected chi connectivity index (χ2v) is 5.98. The van der Waals surface area contributed by atoms with Crippen LogP contribution in [0.3, 0.4) is 0 Å². The molecular weight excluding hydrogens is 166 g/mol. The van der Waals surface area contributed by atoms with Crippen LogP contribution in [0.4, 0.5) is 0 Å². The second-order valence-electron chi connectivity index (χ2n) is 4.83. The molecule has 1 rings (SSSR count). The van der Waals surface area contributed by atoms with Crippen LogP contribution in [0.2, 0.25) is 0 Å². The summed E-state index contributed by atoms with van der Waals surface area (Å²) in [7, 11) is 0. The molecule has 0 saturated carbocycles. The minimum absolute atomic E-state index is 0.449. The molecule has 0 spiro atoms. The van der Waals surface area contributed by atoms with Crippen LogP contribution in [-0.2, 0) is 0 Å². The average molecular weight is 187 g/mol. The van der Waals surface area contributed by atoms with Crippen LogP contribution in [0, 0.1) is 17.3 Å². The molecule has 2 unspecified atom stereocenters. The molecule has 1 nitrogen and oxygen atoms in total. The maximum absolute atomic E-state index is 5.78. The largest absolute Gasteiger partial charge is 0.330 e. The molecule has 12 heavy (non-hydrogen) atoms. The van der Waals surface area contributed by atoms with Gasteiger partial charge in [-0.1, -0.05) is 20.8 Å². The summed E-state index contributed by atoms with van der Waals surface area (Å²) in [6, 6.07) is 0. The monoisotopic (exact) mass is 187 g/mol. The van der Waals surface area contributed by atoms with Crippen molar-refractivity contribution in [2.24, 2.45) is 23.0 Å². The highest BCUT2D eigenvalue weighted by atomic mass is 32.2. The lowest BCUT2D eigenvalue weighted by molar-refractivity contribution is 0.165. The zero-order valence-corrected chi connectivity index (χ0v) is 9.29. The third-order valence-corrected chi connectivity index (χ3v) is 4.08. The normalized spacial score (nSPS) is 32.0. The van der Waals surface area contributed by atoms with Crippen molar-refractivity contribution in [1.29, 1.82) is 0 Å². The van der Waals surface area contributed by atoms with Crippen molar-refractivity contribution in [3.63, 3.8) is 0 Å². The summed E-state index contributed by atoms with van der Waals surface area (Å²) in [6.07, 6.45) is 1.36. The summed E-state index contributed by atoms with van der Waals surface area (Å²) in [5, 5.41) is 0. The van der Waals surface area contributed by atoms with E-state index in [1.165, 1.54) is 17.9 Å². The van der Waals surface area contributed by atoms with Gasteiger partial charge < -0.3 is 5.73 Å². The molecular formula is C10H21NS. The Morgan fingerprint density at radius 3 is 2.50 bits per heavy atom. The van der Waals surface area contributed by atoms with Crippen LogP contribution in [0.15, 0.2) is 0 Å². The van der Waals surface area contributed by atoms with E-state index in [0.29, 0.717) is 5.41 Å². The first-order valence-electron chi connectivity index (χ1n) is 4.83. The van der Waals surface area contributed by atoms with Crippen molar-refractivity contribution in [2.75, 3.05) is 18.1 Å². The predicted molar refractivity (Wildman–Crippen MR) is 57.4 cm³/mol. The van der Waals surface area contributed by atoms with Gasteiger partial charge in [0.05, 0.1) is 0 Å². The first-order valence-corrected chi connectivity index (χ1v) is 5.99. The molecule has 1 heterocycles. The molecule has 0 aromatic heterocycles. The van der Waals surface area contributed by atoms with Crippen LogP contribution in [0.5, 0.6) is 0 Å². The van der Waals surface area contributed by atoms with Gasteiger partial charge in [-0.25, -0.2) is 0 Å². The number of hydrogen-bond acceptors (Lipinski definition) is 2. The fraction of sp³-hybridized carbons (Fsp3) is 1.00. The van der Waals surface area contributed by atoms with Gasteiger partial charge in [0.25, 0.3) is 0 Å². The second kappa shape index (κ2) is 4.01. The van der Waals surface area contributed by atoms with Crippen molar-refractivity contribution in [1.82, 2.24) is 0 Å². The Labute approximate surface area is 80.5 Å². The van der Waals surface area contributed by atoms with Gasteiger partial charge in [-0.2, -0.15) is 11.8 Å². The Kier molecular flexibility index (Phi) is 3.47. The predicted octanol–water partition coefficient (Wildman–Crippen LogP) is 2.36. The van der Waals surface area contributed by atoms with E-state index >= 15 is 0 Å². The standard InChI is InChI=1S/C10H21NS/c1-10(2,3)9-4-5-12-7-8(9)6-11/h8-9H,4-7,11H2,1-3H3. The van der Waals surface area contributed by atoms with E-state index in [4.69, 9.17) is 5.73 Å². The lowest BCUT2D eigenvalue weighted by Gasteiger charge is -2.39. The van der Waals surface area contributed by atoms with Crippen molar-refractivity contribution >= 4 is 11.8 Å². The van der Waals surface area contributed by atoms with E-state index in [1.54, 1.807) is 0 Å². The summed E-state index contributed by atoms with van der Waals surface area (Å²) in [4.78, 5) is 0. The zero-order chi connectivity index (χ0) is 9.19. The van der Waals surface area contributed by atoms with Gasteiger partial charge in [0.1, 0.15) is 0 Å². The van der Waals surface area contributed by atoms with Crippen LogP contribution < -0.4 is 5.73 Å². The van der Waals surface area contributed by atoms with Gasteiger partial charge in [-0.3, -0.25) is 0 Å². The molecule has 2 N–H and O–H groups in total. The van der Waals surface area contributed by atoms with Gasteiger partial charge in [0.15, 0.2) is 0 Å². The minimum Gasteiger partial charge on any atom is -0.330 e. The molecule has 1 saturated heterocycles. The molecule has 0 aromatic carbocycles. The summed E-state index contributed by atoms with van der Waals surface area (Å²) >= 11 is 2.07.